The molecular formula is C13H23O. The Morgan fingerprint density at radius 1 is 0.929 bits per heavy atom. The lowest BCUT2D eigenvalue weighted by atomic mass is 9.90. The minimum Gasteiger partial charge on any atom is -0.375 e. The molecule has 2 aliphatic carbocycles. The van der Waals surface area contributed by atoms with E-state index in [9.17, 15) is 0 Å². The Labute approximate surface area is 88.2 Å². The molecule has 14 heavy (non-hydrogen) atoms. The summed E-state index contributed by atoms with van der Waals surface area (Å²) in [5.41, 5.74) is 0. The fourth-order valence-electron chi connectivity index (χ4n) is 2.35. The van der Waals surface area contributed by atoms with Gasteiger partial charge in [0.1, 0.15) is 0 Å². The minimum absolute atomic E-state index is 0.862. The standard InChI is InChI=1S/C13H23O/c1-2-5-13(6-3-1)11-14-10-4-7-12-8-9-12/h10,12-13H,1-9,11H2. The topological polar surface area (TPSA) is 9.23 Å². The lowest BCUT2D eigenvalue weighted by Crippen LogP contribution is -2.12. The summed E-state index contributed by atoms with van der Waals surface area (Å²) in [6.07, 6.45) is 12.6. The van der Waals surface area contributed by atoms with Crippen molar-refractivity contribution in [1.82, 2.24) is 0 Å². The fraction of sp³-hybridized carbons (Fsp3) is 0.923. The van der Waals surface area contributed by atoms with E-state index in [-0.39, 0.29) is 0 Å². The molecular weight excluding hydrogens is 172 g/mol. The second kappa shape index (κ2) is 5.75. The van der Waals surface area contributed by atoms with Gasteiger partial charge in [0.05, 0.1) is 6.61 Å². The molecule has 1 radical (unpaired) electrons. The van der Waals surface area contributed by atoms with Crippen molar-refractivity contribution in [2.24, 2.45) is 11.8 Å². The van der Waals surface area contributed by atoms with Crippen molar-refractivity contribution in [3.05, 3.63) is 6.61 Å². The highest BCUT2D eigenvalue weighted by Gasteiger charge is 2.20. The van der Waals surface area contributed by atoms with E-state index in [1.807, 2.05) is 0 Å². The Balaban J connectivity index is 1.41. The number of hydrogen-bond donors (Lipinski definition) is 0. The van der Waals surface area contributed by atoms with Crippen LogP contribution in [0.4, 0.5) is 0 Å². The van der Waals surface area contributed by atoms with E-state index in [2.05, 4.69) is 6.61 Å². The molecule has 0 N–H and O–H groups in total. The first kappa shape index (κ1) is 10.5. The zero-order valence-electron chi connectivity index (χ0n) is 9.21. The van der Waals surface area contributed by atoms with Crippen molar-refractivity contribution < 1.29 is 4.74 Å². The van der Waals surface area contributed by atoms with Gasteiger partial charge in [-0.2, -0.15) is 0 Å². The number of hydrogen-bond acceptors (Lipinski definition) is 1. The average molecular weight is 195 g/mol. The van der Waals surface area contributed by atoms with Crippen molar-refractivity contribution in [1.29, 1.82) is 0 Å². The second-order valence-corrected chi connectivity index (χ2v) is 5.02. The van der Waals surface area contributed by atoms with E-state index >= 15 is 0 Å². The van der Waals surface area contributed by atoms with Crippen LogP contribution in [0.25, 0.3) is 0 Å². The Kier molecular flexibility index (Phi) is 4.30. The summed E-state index contributed by atoms with van der Waals surface area (Å²) >= 11 is 0. The van der Waals surface area contributed by atoms with Crippen LogP contribution in [0.15, 0.2) is 0 Å². The molecule has 0 unspecified atom stereocenters. The monoisotopic (exact) mass is 195 g/mol. The van der Waals surface area contributed by atoms with Crippen LogP contribution in [0.5, 0.6) is 0 Å². The molecule has 0 saturated heterocycles. The maximum absolute atomic E-state index is 5.63. The fourth-order valence-corrected chi connectivity index (χ4v) is 2.35. The Bertz CT molecular complexity index is 145. The molecule has 2 aliphatic rings. The van der Waals surface area contributed by atoms with Crippen molar-refractivity contribution in [3.8, 4) is 0 Å². The summed E-state index contributed by atoms with van der Waals surface area (Å²) < 4.78 is 5.63. The maximum Gasteiger partial charge on any atom is 0.0836 e. The summed E-state index contributed by atoms with van der Waals surface area (Å²) in [6, 6.07) is 0. The molecule has 2 fully saturated rings. The number of ether oxygens (including phenoxy) is 1. The van der Waals surface area contributed by atoms with Crippen LogP contribution in [0.1, 0.15) is 57.8 Å². The molecule has 2 saturated carbocycles. The predicted octanol–water partition coefficient (Wildman–Crippen LogP) is 3.94. The molecule has 0 heterocycles. The van der Waals surface area contributed by atoms with Crippen LogP contribution >= 0.6 is 0 Å². The summed E-state index contributed by atoms with van der Waals surface area (Å²) in [5, 5.41) is 0. The van der Waals surface area contributed by atoms with Gasteiger partial charge in [0.15, 0.2) is 0 Å². The van der Waals surface area contributed by atoms with Crippen molar-refractivity contribution in [2.45, 2.75) is 57.8 Å². The van der Waals surface area contributed by atoms with E-state index in [1.165, 1.54) is 57.8 Å². The smallest absolute Gasteiger partial charge is 0.0836 e. The molecule has 1 heteroatoms. The first-order chi connectivity index (χ1) is 6.95. The molecule has 2 rings (SSSR count). The van der Waals surface area contributed by atoms with Crippen molar-refractivity contribution >= 4 is 0 Å². The van der Waals surface area contributed by atoms with Crippen LogP contribution in [0, 0.1) is 18.4 Å². The first-order valence-corrected chi connectivity index (χ1v) is 6.38. The van der Waals surface area contributed by atoms with Crippen LogP contribution < -0.4 is 0 Å². The third kappa shape index (κ3) is 4.00. The zero-order valence-corrected chi connectivity index (χ0v) is 9.21. The van der Waals surface area contributed by atoms with Crippen molar-refractivity contribution in [2.75, 3.05) is 6.61 Å². The SMILES string of the molecule is [CH](CCC1CC1)OCC1CCCCC1. The second-order valence-electron chi connectivity index (χ2n) is 5.02. The van der Waals surface area contributed by atoms with Crippen LogP contribution in [0.2, 0.25) is 0 Å². The largest absolute Gasteiger partial charge is 0.375 e. The third-order valence-corrected chi connectivity index (χ3v) is 3.56. The predicted molar refractivity (Wildman–Crippen MR) is 58.8 cm³/mol. The molecule has 0 aliphatic heterocycles. The molecule has 0 aromatic heterocycles. The molecule has 1 nitrogen and oxygen atoms in total. The van der Waals surface area contributed by atoms with Gasteiger partial charge in [-0.1, -0.05) is 32.1 Å². The van der Waals surface area contributed by atoms with E-state index < -0.39 is 0 Å². The van der Waals surface area contributed by atoms with Crippen LogP contribution in [-0.2, 0) is 4.74 Å². The normalized spacial score (nSPS) is 24.0. The average Bonchev–Trinajstić information content (AvgIpc) is 3.03. The van der Waals surface area contributed by atoms with Gasteiger partial charge < -0.3 is 4.74 Å². The first-order valence-electron chi connectivity index (χ1n) is 6.38. The van der Waals surface area contributed by atoms with E-state index in [1.54, 1.807) is 0 Å². The molecule has 0 aromatic rings. The van der Waals surface area contributed by atoms with E-state index in [4.69, 9.17) is 4.74 Å². The van der Waals surface area contributed by atoms with Gasteiger partial charge in [0.25, 0.3) is 0 Å². The zero-order chi connectivity index (χ0) is 9.64. The quantitative estimate of drug-likeness (QED) is 0.583. The van der Waals surface area contributed by atoms with Crippen LogP contribution in [-0.4, -0.2) is 6.61 Å². The lowest BCUT2D eigenvalue weighted by molar-refractivity contribution is 0.127. The summed E-state index contributed by atoms with van der Waals surface area (Å²) in [6.45, 7) is 3.05. The molecule has 0 spiro atoms. The van der Waals surface area contributed by atoms with Gasteiger partial charge in [-0.05, 0) is 37.5 Å². The molecule has 0 amide bonds. The minimum atomic E-state index is 0.862. The molecule has 0 aromatic carbocycles. The van der Waals surface area contributed by atoms with Gasteiger partial charge in [0, 0.05) is 6.61 Å². The Hall–Kier alpha value is -0.0400. The molecule has 0 atom stereocenters. The lowest BCUT2D eigenvalue weighted by Gasteiger charge is -2.20. The summed E-state index contributed by atoms with van der Waals surface area (Å²) in [7, 11) is 0. The molecule has 0 bridgehead atoms. The van der Waals surface area contributed by atoms with E-state index in [0.29, 0.717) is 0 Å². The molecule has 81 valence electrons. The van der Waals surface area contributed by atoms with Gasteiger partial charge in [0.2, 0.25) is 0 Å². The van der Waals surface area contributed by atoms with Gasteiger partial charge in [-0.3, -0.25) is 0 Å². The highest BCUT2D eigenvalue weighted by Crippen LogP contribution is 2.33. The number of rotatable bonds is 6. The van der Waals surface area contributed by atoms with Gasteiger partial charge in [-0.25, -0.2) is 0 Å². The van der Waals surface area contributed by atoms with Crippen molar-refractivity contribution in [3.63, 3.8) is 0 Å². The van der Waals surface area contributed by atoms with Gasteiger partial charge in [-0.15, -0.1) is 0 Å². The Morgan fingerprint density at radius 3 is 2.43 bits per heavy atom. The van der Waals surface area contributed by atoms with E-state index in [0.717, 1.165) is 18.4 Å². The highest BCUT2D eigenvalue weighted by molar-refractivity contribution is 4.74. The summed E-state index contributed by atoms with van der Waals surface area (Å²) in [5.74, 6) is 1.91. The third-order valence-electron chi connectivity index (χ3n) is 3.56. The Morgan fingerprint density at radius 2 is 1.71 bits per heavy atom. The highest BCUT2D eigenvalue weighted by atomic mass is 16.5. The van der Waals surface area contributed by atoms with Gasteiger partial charge >= 0.3 is 0 Å². The summed E-state index contributed by atoms with van der Waals surface area (Å²) in [4.78, 5) is 0. The maximum atomic E-state index is 5.63. The van der Waals surface area contributed by atoms with Crippen LogP contribution in [0.3, 0.4) is 0 Å².